The quantitative estimate of drug-likeness (QED) is 0.712. The minimum atomic E-state index is -1.03. The van der Waals surface area contributed by atoms with Gasteiger partial charge in [0.25, 0.3) is 0 Å². The van der Waals surface area contributed by atoms with Gasteiger partial charge in [-0.05, 0) is 11.6 Å². The molecule has 0 atom stereocenters. The van der Waals surface area contributed by atoms with Crippen molar-refractivity contribution in [3.63, 3.8) is 0 Å². The molecule has 16 heavy (non-hydrogen) atoms. The molecule has 2 heteroatoms. The summed E-state index contributed by atoms with van der Waals surface area (Å²) in [4.78, 5) is 0. The molecule has 0 amide bonds. The Balaban J connectivity index is 2.78. The van der Waals surface area contributed by atoms with Crippen LogP contribution in [0, 0.1) is 0 Å². The fourth-order valence-electron chi connectivity index (χ4n) is 1.85. The maximum Gasteiger partial charge on any atom is 0.0647 e. The monoisotopic (exact) mass is 248 g/mol. The third kappa shape index (κ3) is 4.10. The van der Waals surface area contributed by atoms with Gasteiger partial charge in [0.15, 0.2) is 0 Å². The number of hydrogen-bond acceptors (Lipinski definition) is 0. The zero-order valence-electron chi connectivity index (χ0n) is 11.3. The summed E-state index contributed by atoms with van der Waals surface area (Å²) < 4.78 is 0. The Bertz CT molecular complexity index is 355. The molecule has 0 nitrogen and oxygen atoms in total. The van der Waals surface area contributed by atoms with E-state index < -0.39 is 16.9 Å². The minimum absolute atomic E-state index is 0.644. The highest BCUT2D eigenvalue weighted by Crippen LogP contribution is 2.23. The molecule has 0 heterocycles. The van der Waals surface area contributed by atoms with Crippen molar-refractivity contribution < 1.29 is 0 Å². The minimum Gasteiger partial charge on any atom is -0.0955 e. The van der Waals surface area contributed by atoms with Gasteiger partial charge in [-0.1, -0.05) is 74.3 Å². The standard InChI is InChI=1S/C14H24Si2/c1-12(11-16(4,5)6)13-7-9-14(10-8-13)15(2)3/h7-10,15H,1,11H2,2-6H3. The summed E-state index contributed by atoms with van der Waals surface area (Å²) in [7, 11) is -1.67. The molecule has 1 aromatic rings. The number of rotatable bonds is 4. The van der Waals surface area contributed by atoms with Crippen LogP contribution in [0.5, 0.6) is 0 Å². The van der Waals surface area contributed by atoms with Crippen LogP contribution in [0.1, 0.15) is 5.56 Å². The van der Waals surface area contributed by atoms with Gasteiger partial charge in [-0.2, -0.15) is 0 Å². The second-order valence-corrected chi connectivity index (χ2v) is 14.6. The van der Waals surface area contributed by atoms with Crippen LogP contribution >= 0.6 is 0 Å². The lowest BCUT2D eigenvalue weighted by atomic mass is 10.1. The molecule has 0 fully saturated rings. The molecule has 1 aromatic carbocycles. The van der Waals surface area contributed by atoms with Crippen LogP contribution in [0.2, 0.25) is 38.8 Å². The maximum atomic E-state index is 4.23. The van der Waals surface area contributed by atoms with Gasteiger partial charge in [-0.15, -0.1) is 0 Å². The van der Waals surface area contributed by atoms with Gasteiger partial charge in [0.05, 0.1) is 8.80 Å². The molecule has 0 unspecified atom stereocenters. The van der Waals surface area contributed by atoms with Crippen molar-refractivity contribution >= 4 is 27.6 Å². The lowest BCUT2D eigenvalue weighted by molar-refractivity contribution is 1.49. The highest BCUT2D eigenvalue weighted by atomic mass is 28.3. The van der Waals surface area contributed by atoms with E-state index in [0.717, 1.165) is 0 Å². The molecule has 0 spiro atoms. The third-order valence-electron chi connectivity index (χ3n) is 2.73. The molecular weight excluding hydrogens is 224 g/mol. The van der Waals surface area contributed by atoms with Crippen LogP contribution < -0.4 is 5.19 Å². The SMILES string of the molecule is C=C(C[Si](C)(C)C)c1ccc([SiH](C)C)cc1. The molecule has 0 saturated heterocycles. The summed E-state index contributed by atoms with van der Waals surface area (Å²) in [6, 6.07) is 10.3. The van der Waals surface area contributed by atoms with Crippen molar-refractivity contribution in [2.75, 3.05) is 0 Å². The van der Waals surface area contributed by atoms with Gasteiger partial charge in [0.1, 0.15) is 0 Å². The van der Waals surface area contributed by atoms with E-state index in [0.29, 0.717) is 0 Å². The van der Waals surface area contributed by atoms with E-state index >= 15 is 0 Å². The van der Waals surface area contributed by atoms with Gasteiger partial charge in [0, 0.05) is 8.07 Å². The van der Waals surface area contributed by atoms with Crippen LogP contribution in [0.3, 0.4) is 0 Å². The van der Waals surface area contributed by atoms with E-state index in [-0.39, 0.29) is 0 Å². The van der Waals surface area contributed by atoms with Crippen LogP contribution in [-0.4, -0.2) is 16.9 Å². The van der Waals surface area contributed by atoms with E-state index in [4.69, 9.17) is 0 Å². The number of hydrogen-bond donors (Lipinski definition) is 0. The van der Waals surface area contributed by atoms with Crippen LogP contribution in [0.4, 0.5) is 0 Å². The molecule has 0 bridgehead atoms. The maximum absolute atomic E-state index is 4.23. The highest BCUT2D eigenvalue weighted by molar-refractivity contribution is 6.77. The van der Waals surface area contributed by atoms with Crippen LogP contribution in [-0.2, 0) is 0 Å². The van der Waals surface area contributed by atoms with E-state index in [1.807, 2.05) is 0 Å². The largest absolute Gasteiger partial charge is 0.0955 e. The average Bonchev–Trinajstić information content (AvgIpc) is 2.15. The Morgan fingerprint density at radius 3 is 2.00 bits per heavy atom. The summed E-state index contributed by atoms with van der Waals surface area (Å²) in [5.74, 6) is 0. The smallest absolute Gasteiger partial charge is 0.0647 e. The number of allylic oxidation sites excluding steroid dienone is 1. The normalized spacial score (nSPS) is 11.9. The first-order valence-electron chi connectivity index (χ1n) is 6.08. The van der Waals surface area contributed by atoms with E-state index in [1.54, 1.807) is 5.19 Å². The summed E-state index contributed by atoms with van der Waals surface area (Å²) in [5, 5.41) is 1.55. The van der Waals surface area contributed by atoms with Gasteiger partial charge < -0.3 is 0 Å². The van der Waals surface area contributed by atoms with E-state index in [1.165, 1.54) is 17.2 Å². The fourth-order valence-corrected chi connectivity index (χ4v) is 4.29. The second kappa shape index (κ2) is 5.15. The Morgan fingerprint density at radius 1 is 1.12 bits per heavy atom. The average molecular weight is 249 g/mol. The van der Waals surface area contributed by atoms with E-state index in [9.17, 15) is 0 Å². The van der Waals surface area contributed by atoms with Gasteiger partial charge in [-0.3, -0.25) is 0 Å². The molecule has 88 valence electrons. The molecule has 0 aliphatic heterocycles. The lowest BCUT2D eigenvalue weighted by Crippen LogP contribution is -2.22. The topological polar surface area (TPSA) is 0 Å². The third-order valence-corrected chi connectivity index (χ3v) is 5.93. The van der Waals surface area contributed by atoms with Crippen molar-refractivity contribution in [1.29, 1.82) is 0 Å². The Hall–Kier alpha value is -0.606. The molecule has 0 aromatic heterocycles. The summed E-state index contributed by atoms with van der Waals surface area (Å²) in [6.07, 6.45) is 0. The van der Waals surface area contributed by atoms with Gasteiger partial charge >= 0.3 is 0 Å². The lowest BCUT2D eigenvalue weighted by Gasteiger charge is -2.18. The molecular formula is C14H24Si2. The second-order valence-electron chi connectivity index (χ2n) is 6.12. The van der Waals surface area contributed by atoms with Crippen molar-refractivity contribution in [3.05, 3.63) is 36.4 Å². The van der Waals surface area contributed by atoms with Crippen molar-refractivity contribution in [3.8, 4) is 0 Å². The van der Waals surface area contributed by atoms with Crippen LogP contribution in [0.25, 0.3) is 5.57 Å². The summed E-state index contributed by atoms with van der Waals surface area (Å²) in [5.41, 5.74) is 2.65. The molecule has 1 rings (SSSR count). The molecule has 0 aliphatic rings. The van der Waals surface area contributed by atoms with Crippen molar-refractivity contribution in [2.24, 2.45) is 0 Å². The Kier molecular flexibility index (Phi) is 4.33. The first-order valence-corrected chi connectivity index (χ1v) is 12.7. The zero-order valence-corrected chi connectivity index (χ0v) is 13.5. The zero-order chi connectivity index (χ0) is 12.3. The van der Waals surface area contributed by atoms with E-state index in [2.05, 4.69) is 63.6 Å². The molecule has 0 radical (unpaired) electrons. The highest BCUT2D eigenvalue weighted by Gasteiger charge is 2.15. The van der Waals surface area contributed by atoms with Crippen molar-refractivity contribution in [2.45, 2.75) is 38.8 Å². The first kappa shape index (κ1) is 13.5. The summed E-state index contributed by atoms with van der Waals surface area (Å²) >= 11 is 0. The van der Waals surface area contributed by atoms with Gasteiger partial charge in [-0.25, -0.2) is 0 Å². The predicted molar refractivity (Wildman–Crippen MR) is 82.1 cm³/mol. The number of benzene rings is 1. The van der Waals surface area contributed by atoms with Gasteiger partial charge in [0.2, 0.25) is 0 Å². The summed E-state index contributed by atoms with van der Waals surface area (Å²) in [6.45, 7) is 16.2. The predicted octanol–water partition coefficient (Wildman–Crippen LogP) is 3.73. The molecule has 0 aliphatic carbocycles. The Morgan fingerprint density at radius 2 is 1.62 bits per heavy atom. The Labute approximate surface area is 103 Å². The molecule has 0 saturated carbocycles. The van der Waals surface area contributed by atoms with Crippen molar-refractivity contribution in [1.82, 2.24) is 0 Å². The molecule has 0 N–H and O–H groups in total. The van der Waals surface area contributed by atoms with Crippen LogP contribution in [0.15, 0.2) is 30.8 Å². The first-order chi connectivity index (χ1) is 7.29. The fraction of sp³-hybridized carbons (Fsp3) is 0.429.